The van der Waals surface area contributed by atoms with Crippen molar-refractivity contribution in [2.75, 3.05) is 5.73 Å². The third kappa shape index (κ3) is 2.50. The lowest BCUT2D eigenvalue weighted by atomic mass is 10.4. The molecule has 1 atom stereocenters. The van der Waals surface area contributed by atoms with E-state index in [1.807, 2.05) is 6.92 Å². The lowest BCUT2D eigenvalue weighted by Gasteiger charge is -2.05. The van der Waals surface area contributed by atoms with Crippen LogP contribution in [0.15, 0.2) is 29.7 Å². The van der Waals surface area contributed by atoms with E-state index in [1.165, 1.54) is 12.5 Å². The molecule has 1 unspecified atom stereocenters. The maximum Gasteiger partial charge on any atom is 0.139 e. The maximum absolute atomic E-state index is 12.1. The van der Waals surface area contributed by atoms with Gasteiger partial charge in [-0.2, -0.15) is 5.10 Å². The minimum atomic E-state index is -1.22. The van der Waals surface area contributed by atoms with Gasteiger partial charge in [-0.05, 0) is 13.0 Å². The molecule has 0 aliphatic rings. The van der Waals surface area contributed by atoms with E-state index in [-0.39, 0.29) is 0 Å². The van der Waals surface area contributed by atoms with Gasteiger partial charge in [-0.3, -0.25) is 9.19 Å². The number of nitrogens with zero attached hydrogens (tertiary/aromatic N) is 4. The van der Waals surface area contributed by atoms with E-state index in [1.54, 1.807) is 16.9 Å². The first-order valence-electron chi connectivity index (χ1n) is 5.17. The lowest BCUT2D eigenvalue weighted by Crippen LogP contribution is -2.08. The van der Waals surface area contributed by atoms with E-state index >= 15 is 0 Å². The molecule has 0 radical (unpaired) electrons. The van der Waals surface area contributed by atoms with E-state index in [0.717, 1.165) is 0 Å². The third-order valence-corrected chi connectivity index (χ3v) is 3.69. The van der Waals surface area contributed by atoms with E-state index in [4.69, 9.17) is 5.73 Å². The average molecular weight is 251 g/mol. The quantitative estimate of drug-likeness (QED) is 0.859. The Bertz CT molecular complexity index is 539. The normalized spacial score (nSPS) is 12.5. The number of pyridine rings is 1. The Kier molecular flexibility index (Phi) is 3.48. The summed E-state index contributed by atoms with van der Waals surface area (Å²) in [4.78, 5) is 8.54. The molecular weight excluding hydrogens is 238 g/mol. The molecule has 0 aliphatic carbocycles. The van der Waals surface area contributed by atoms with Crippen LogP contribution in [-0.4, -0.2) is 24.0 Å². The predicted molar refractivity (Wildman–Crippen MR) is 64.5 cm³/mol. The second-order valence-electron chi connectivity index (χ2n) is 3.40. The number of aryl methyl sites for hydroxylation is 1. The Hall–Kier alpha value is -1.76. The molecule has 90 valence electrons. The molecule has 0 amide bonds. The molecule has 0 aliphatic heterocycles. The van der Waals surface area contributed by atoms with E-state index in [2.05, 4.69) is 15.1 Å². The highest BCUT2D eigenvalue weighted by molar-refractivity contribution is 7.84. The summed E-state index contributed by atoms with van der Waals surface area (Å²) >= 11 is 0. The van der Waals surface area contributed by atoms with Gasteiger partial charge in [0.2, 0.25) is 0 Å². The van der Waals surface area contributed by atoms with Gasteiger partial charge >= 0.3 is 0 Å². The molecule has 0 saturated heterocycles. The van der Waals surface area contributed by atoms with Crippen molar-refractivity contribution in [3.05, 3.63) is 30.6 Å². The van der Waals surface area contributed by atoms with Crippen LogP contribution < -0.4 is 5.73 Å². The summed E-state index contributed by atoms with van der Waals surface area (Å²) in [6, 6.07) is 1.66. The molecule has 17 heavy (non-hydrogen) atoms. The van der Waals surface area contributed by atoms with Gasteiger partial charge < -0.3 is 5.73 Å². The Morgan fingerprint density at radius 2 is 2.35 bits per heavy atom. The fourth-order valence-corrected chi connectivity index (χ4v) is 2.60. The van der Waals surface area contributed by atoms with Crippen LogP contribution in [0.1, 0.15) is 12.7 Å². The van der Waals surface area contributed by atoms with Gasteiger partial charge in [0, 0.05) is 12.7 Å². The van der Waals surface area contributed by atoms with Crippen LogP contribution in [0.4, 0.5) is 5.69 Å². The van der Waals surface area contributed by atoms with Gasteiger partial charge in [0.05, 0.1) is 33.3 Å². The van der Waals surface area contributed by atoms with Crippen molar-refractivity contribution in [2.24, 2.45) is 0 Å². The van der Waals surface area contributed by atoms with Gasteiger partial charge in [0.15, 0.2) is 0 Å². The molecule has 2 N–H and O–H groups in total. The summed E-state index contributed by atoms with van der Waals surface area (Å²) < 4.78 is 13.8. The largest absolute Gasteiger partial charge is 0.396 e. The van der Waals surface area contributed by atoms with E-state index < -0.39 is 10.8 Å². The molecule has 6 nitrogen and oxygen atoms in total. The van der Waals surface area contributed by atoms with Crippen molar-refractivity contribution in [1.29, 1.82) is 0 Å². The Morgan fingerprint density at radius 1 is 1.53 bits per heavy atom. The zero-order chi connectivity index (χ0) is 12.3. The molecule has 2 aromatic heterocycles. The predicted octanol–water partition coefficient (Wildman–Crippen LogP) is 0.583. The number of nitrogen functional groups attached to an aromatic ring is 1. The second kappa shape index (κ2) is 5.05. The number of hydrogen-bond acceptors (Lipinski definition) is 5. The maximum atomic E-state index is 12.1. The van der Waals surface area contributed by atoms with Crippen LogP contribution >= 0.6 is 0 Å². The molecule has 2 aromatic rings. The summed E-state index contributed by atoms with van der Waals surface area (Å²) in [5, 5.41) is 4.03. The van der Waals surface area contributed by atoms with Crippen LogP contribution in [0.5, 0.6) is 0 Å². The molecule has 0 aromatic carbocycles. The summed E-state index contributed by atoms with van der Waals surface area (Å²) in [6.45, 7) is 2.67. The number of nitrogens with two attached hydrogens (primary N) is 1. The Morgan fingerprint density at radius 3 is 3.06 bits per heavy atom. The summed E-state index contributed by atoms with van der Waals surface area (Å²) in [7, 11) is -1.22. The summed E-state index contributed by atoms with van der Waals surface area (Å²) in [5.41, 5.74) is 6.16. The number of aromatic nitrogens is 4. The molecular formula is C10H13N5OS. The van der Waals surface area contributed by atoms with Crippen LogP contribution in [0.3, 0.4) is 0 Å². The highest BCUT2D eigenvalue weighted by atomic mass is 32.2. The number of anilines is 1. The summed E-state index contributed by atoms with van der Waals surface area (Å²) in [5.74, 6) is 1.00. The van der Waals surface area contributed by atoms with Crippen molar-refractivity contribution < 1.29 is 4.21 Å². The highest BCUT2D eigenvalue weighted by Crippen LogP contribution is 2.16. The first-order valence-corrected chi connectivity index (χ1v) is 6.48. The zero-order valence-electron chi connectivity index (χ0n) is 9.41. The third-order valence-electron chi connectivity index (χ3n) is 2.31. The smallest absolute Gasteiger partial charge is 0.139 e. The number of hydrogen-bond donors (Lipinski definition) is 1. The van der Waals surface area contributed by atoms with Crippen LogP contribution in [0.25, 0.3) is 0 Å². The standard InChI is InChI=1S/C10H13N5OS/c1-2-15-10(13-7-14-15)6-17(16)9-3-4-12-5-8(9)11/h3-5,7H,2,6,11H2,1H3. The van der Waals surface area contributed by atoms with Gasteiger partial charge in [-0.15, -0.1) is 0 Å². The van der Waals surface area contributed by atoms with Gasteiger partial charge in [-0.25, -0.2) is 9.67 Å². The van der Waals surface area contributed by atoms with Crippen molar-refractivity contribution in [3.63, 3.8) is 0 Å². The fraction of sp³-hybridized carbons (Fsp3) is 0.300. The highest BCUT2D eigenvalue weighted by Gasteiger charge is 2.12. The first-order chi connectivity index (χ1) is 8.22. The monoisotopic (exact) mass is 251 g/mol. The minimum absolute atomic E-state index is 0.308. The Labute approximate surface area is 101 Å². The number of rotatable bonds is 4. The zero-order valence-corrected chi connectivity index (χ0v) is 10.2. The molecule has 0 spiro atoms. The molecule has 0 fully saturated rings. The Balaban J connectivity index is 2.20. The molecule has 0 bridgehead atoms. The fourth-order valence-electron chi connectivity index (χ4n) is 1.46. The van der Waals surface area contributed by atoms with Gasteiger partial charge in [0.1, 0.15) is 12.2 Å². The summed E-state index contributed by atoms with van der Waals surface area (Å²) in [6.07, 6.45) is 4.54. The van der Waals surface area contributed by atoms with Crippen LogP contribution in [0, 0.1) is 0 Å². The van der Waals surface area contributed by atoms with Gasteiger partial charge in [-0.1, -0.05) is 0 Å². The van der Waals surface area contributed by atoms with Crippen molar-refractivity contribution in [3.8, 4) is 0 Å². The van der Waals surface area contributed by atoms with Crippen LogP contribution in [-0.2, 0) is 23.1 Å². The average Bonchev–Trinajstić information content (AvgIpc) is 2.76. The van der Waals surface area contributed by atoms with Gasteiger partial charge in [0.25, 0.3) is 0 Å². The van der Waals surface area contributed by atoms with Crippen molar-refractivity contribution >= 4 is 16.5 Å². The van der Waals surface area contributed by atoms with E-state index in [0.29, 0.717) is 28.7 Å². The topological polar surface area (TPSA) is 86.7 Å². The molecule has 2 rings (SSSR count). The van der Waals surface area contributed by atoms with Crippen LogP contribution in [0.2, 0.25) is 0 Å². The van der Waals surface area contributed by atoms with Crippen molar-refractivity contribution in [2.45, 2.75) is 24.1 Å². The molecule has 2 heterocycles. The molecule has 7 heteroatoms. The lowest BCUT2D eigenvalue weighted by molar-refractivity contribution is 0.627. The minimum Gasteiger partial charge on any atom is -0.396 e. The first kappa shape index (κ1) is 11.7. The van der Waals surface area contributed by atoms with E-state index in [9.17, 15) is 4.21 Å². The molecule has 0 saturated carbocycles. The van der Waals surface area contributed by atoms with Crippen molar-refractivity contribution in [1.82, 2.24) is 19.7 Å². The SMILES string of the molecule is CCn1ncnc1CS(=O)c1ccncc1N. The second-order valence-corrected chi connectivity index (χ2v) is 4.81.